The Morgan fingerprint density at radius 2 is 1.57 bits per heavy atom. The molecule has 0 radical (unpaired) electrons. The van der Waals surface area contributed by atoms with Crippen LogP contribution in [-0.2, 0) is 23.9 Å². The van der Waals surface area contributed by atoms with Gasteiger partial charge in [0.15, 0.2) is 12.1 Å². The van der Waals surface area contributed by atoms with Crippen LogP contribution in [-0.4, -0.2) is 154 Å². The first-order valence-corrected chi connectivity index (χ1v) is 14.1. The average molecular weight is 571 g/mol. The number of nitrogens with zero attached hydrogens (tertiary/aromatic N) is 6. The summed E-state index contributed by atoms with van der Waals surface area (Å²) in [5, 5.41) is 9.57. The molecule has 1 N–H and O–H groups in total. The molecular weight excluding hydrogens is 516 g/mol. The summed E-state index contributed by atoms with van der Waals surface area (Å²) in [6.45, 7) is 6.24. The molecule has 1 fully saturated rings. The fourth-order valence-corrected chi connectivity index (χ4v) is 5.61. The van der Waals surface area contributed by atoms with Gasteiger partial charge in [0.05, 0.1) is 36.6 Å². The molecule has 12 heteroatoms. The number of aliphatic imine (C=N–C) groups is 1. The molecule has 0 saturated carbocycles. The van der Waals surface area contributed by atoms with Gasteiger partial charge in [-0.3, -0.25) is 19.3 Å². The monoisotopic (exact) mass is 570 g/mol. The van der Waals surface area contributed by atoms with Crippen LogP contribution in [0.2, 0.25) is 0 Å². The zero-order valence-corrected chi connectivity index (χ0v) is 26.7. The van der Waals surface area contributed by atoms with Gasteiger partial charge in [-0.2, -0.15) is 0 Å². The maximum absolute atomic E-state index is 13.9. The minimum absolute atomic E-state index is 0.0359. The Hall–Kier alpha value is -2.44. The van der Waals surface area contributed by atoms with E-state index in [1.54, 1.807) is 35.8 Å². The number of guanidine groups is 1. The standard InChI is InChI=1S/C28H54N6O6/c1-13-18(2)23(33(10)26(36)25(30(4)5)29-28(31(6)7)32(8)9)21(39-11)17-22(35)34-16-14-15-20(34)24(40-12)19(3)27(37)38/h18-21,23-25H,13-17H2,1-12H3,(H,37,38)/t18-,19+,20-,21+,23-,24?,25-/m0/s1. The molecule has 1 heterocycles. The van der Waals surface area contributed by atoms with Crippen molar-refractivity contribution >= 4 is 23.7 Å². The lowest BCUT2D eigenvalue weighted by Crippen LogP contribution is -2.56. The normalized spacial score (nSPS) is 19.8. The summed E-state index contributed by atoms with van der Waals surface area (Å²) >= 11 is 0. The number of carboxylic acids is 1. The first-order valence-electron chi connectivity index (χ1n) is 14.1. The third-order valence-electron chi connectivity index (χ3n) is 7.98. The van der Waals surface area contributed by atoms with E-state index >= 15 is 0 Å². The number of likely N-dealkylation sites (N-methyl/N-ethyl adjacent to an activating group) is 2. The van der Waals surface area contributed by atoms with Crippen molar-refractivity contribution < 1.29 is 29.0 Å². The van der Waals surface area contributed by atoms with Gasteiger partial charge >= 0.3 is 5.97 Å². The van der Waals surface area contributed by atoms with Crippen LogP contribution < -0.4 is 0 Å². The van der Waals surface area contributed by atoms with Crippen molar-refractivity contribution in [2.75, 3.05) is 70.1 Å². The number of hydrogen-bond acceptors (Lipinski definition) is 7. The molecule has 1 aliphatic heterocycles. The molecule has 12 nitrogen and oxygen atoms in total. The predicted octanol–water partition coefficient (Wildman–Crippen LogP) is 1.36. The van der Waals surface area contributed by atoms with E-state index in [9.17, 15) is 19.5 Å². The molecule has 0 spiro atoms. The topological polar surface area (TPSA) is 118 Å². The molecule has 7 atom stereocenters. The summed E-state index contributed by atoms with van der Waals surface area (Å²) < 4.78 is 11.5. The lowest BCUT2D eigenvalue weighted by atomic mass is 9.90. The van der Waals surface area contributed by atoms with Gasteiger partial charge in [0, 0.05) is 56.0 Å². The quantitative estimate of drug-likeness (QED) is 0.244. The van der Waals surface area contributed by atoms with Gasteiger partial charge < -0.3 is 34.2 Å². The number of ether oxygens (including phenoxy) is 2. The summed E-state index contributed by atoms with van der Waals surface area (Å²) in [7, 11) is 16.0. The molecule has 40 heavy (non-hydrogen) atoms. The number of hydrogen-bond donors (Lipinski definition) is 1. The Labute approximate surface area is 241 Å². The molecule has 0 bridgehead atoms. The lowest BCUT2D eigenvalue weighted by molar-refractivity contribution is -0.152. The van der Waals surface area contributed by atoms with Crippen LogP contribution in [0.25, 0.3) is 0 Å². The van der Waals surface area contributed by atoms with E-state index in [1.165, 1.54) is 7.11 Å². The van der Waals surface area contributed by atoms with E-state index in [-0.39, 0.29) is 36.2 Å². The molecule has 1 unspecified atom stereocenters. The Morgan fingerprint density at radius 3 is 2.00 bits per heavy atom. The van der Waals surface area contributed by atoms with E-state index < -0.39 is 30.3 Å². The summed E-state index contributed by atoms with van der Waals surface area (Å²) in [5.41, 5.74) is 0. The van der Waals surface area contributed by atoms with Crippen LogP contribution in [0.5, 0.6) is 0 Å². The van der Waals surface area contributed by atoms with Crippen molar-refractivity contribution in [3.05, 3.63) is 0 Å². The third-order valence-corrected chi connectivity index (χ3v) is 7.98. The van der Waals surface area contributed by atoms with Gasteiger partial charge in [0.2, 0.25) is 5.91 Å². The number of rotatable bonds is 14. The Kier molecular flexibility index (Phi) is 14.3. The Balaban J connectivity index is 3.31. The number of methoxy groups -OCH3 is 2. The lowest BCUT2D eigenvalue weighted by Gasteiger charge is -2.40. The van der Waals surface area contributed by atoms with Crippen molar-refractivity contribution in [1.82, 2.24) is 24.5 Å². The van der Waals surface area contributed by atoms with Crippen LogP contribution in [0.15, 0.2) is 4.99 Å². The van der Waals surface area contributed by atoms with Gasteiger partial charge in [-0.1, -0.05) is 20.3 Å². The highest BCUT2D eigenvalue weighted by molar-refractivity contribution is 5.87. The zero-order chi connectivity index (χ0) is 30.9. The second-order valence-electron chi connectivity index (χ2n) is 11.5. The summed E-state index contributed by atoms with van der Waals surface area (Å²) in [5.74, 6) is -1.34. The number of amides is 2. The van der Waals surface area contributed by atoms with Crippen molar-refractivity contribution in [3.8, 4) is 0 Å². The van der Waals surface area contributed by atoms with Crippen LogP contribution >= 0.6 is 0 Å². The number of likely N-dealkylation sites (tertiary alicyclic amines) is 1. The van der Waals surface area contributed by atoms with E-state index in [2.05, 4.69) is 13.8 Å². The van der Waals surface area contributed by atoms with Gasteiger partial charge in [-0.25, -0.2) is 4.99 Å². The smallest absolute Gasteiger partial charge is 0.308 e. The van der Waals surface area contributed by atoms with Crippen LogP contribution in [0.1, 0.15) is 46.5 Å². The van der Waals surface area contributed by atoms with Crippen molar-refractivity contribution in [3.63, 3.8) is 0 Å². The highest BCUT2D eigenvalue weighted by Crippen LogP contribution is 2.29. The first-order chi connectivity index (χ1) is 18.6. The maximum Gasteiger partial charge on any atom is 0.308 e. The zero-order valence-electron chi connectivity index (χ0n) is 26.7. The van der Waals surface area contributed by atoms with E-state index in [4.69, 9.17) is 14.5 Å². The SMILES string of the molecule is CC[C@H](C)[C@@H]([C@@H](CC(=O)N1CCC[C@H]1C(OC)[C@@H](C)C(=O)O)OC)N(C)C(=O)[C@@H](N=C(N(C)C)N(C)C)N(C)C. The Bertz CT molecular complexity index is 856. The maximum atomic E-state index is 13.9. The average Bonchev–Trinajstić information content (AvgIpc) is 3.37. The van der Waals surface area contributed by atoms with E-state index in [0.717, 1.165) is 12.8 Å². The molecule has 232 valence electrons. The van der Waals surface area contributed by atoms with Gasteiger partial charge in [-0.15, -0.1) is 0 Å². The van der Waals surface area contributed by atoms with Crippen molar-refractivity contribution in [2.45, 2.75) is 76.9 Å². The molecule has 0 aliphatic carbocycles. The first kappa shape index (κ1) is 35.6. The summed E-state index contributed by atoms with van der Waals surface area (Å²) in [6, 6.07) is -0.714. The molecule has 1 aliphatic rings. The van der Waals surface area contributed by atoms with Crippen LogP contribution in [0, 0.1) is 11.8 Å². The highest BCUT2D eigenvalue weighted by atomic mass is 16.5. The molecule has 0 aromatic heterocycles. The fourth-order valence-electron chi connectivity index (χ4n) is 5.61. The molecule has 1 rings (SSSR count). The van der Waals surface area contributed by atoms with Crippen LogP contribution in [0.4, 0.5) is 0 Å². The number of carboxylic acid groups (broad SMARTS) is 1. The highest BCUT2D eigenvalue weighted by Gasteiger charge is 2.42. The fraction of sp³-hybridized carbons (Fsp3) is 0.857. The van der Waals surface area contributed by atoms with Crippen molar-refractivity contribution in [1.29, 1.82) is 0 Å². The molecule has 0 aromatic rings. The third kappa shape index (κ3) is 8.78. The molecule has 0 aromatic carbocycles. The molecule has 2 amide bonds. The summed E-state index contributed by atoms with van der Waals surface area (Å²) in [6.07, 6.45) is 0.346. The molecular formula is C28H54N6O6. The second-order valence-corrected chi connectivity index (χ2v) is 11.5. The van der Waals surface area contributed by atoms with E-state index in [1.807, 2.05) is 52.1 Å². The predicted molar refractivity (Wildman–Crippen MR) is 156 cm³/mol. The number of carbonyl (C=O) groups is 3. The minimum Gasteiger partial charge on any atom is -0.481 e. The number of aliphatic carboxylic acids is 1. The van der Waals surface area contributed by atoms with E-state index in [0.29, 0.717) is 18.9 Å². The minimum atomic E-state index is -0.956. The largest absolute Gasteiger partial charge is 0.481 e. The Morgan fingerprint density at radius 1 is 1.00 bits per heavy atom. The van der Waals surface area contributed by atoms with Gasteiger partial charge in [0.1, 0.15) is 0 Å². The summed E-state index contributed by atoms with van der Waals surface area (Å²) in [4.78, 5) is 53.0. The molecule has 1 saturated heterocycles. The van der Waals surface area contributed by atoms with Crippen LogP contribution in [0.3, 0.4) is 0 Å². The second kappa shape index (κ2) is 16.1. The number of carbonyl (C=O) groups excluding carboxylic acids is 2. The van der Waals surface area contributed by atoms with Gasteiger partial charge in [-0.05, 0) is 39.8 Å². The van der Waals surface area contributed by atoms with Crippen molar-refractivity contribution in [2.24, 2.45) is 16.8 Å². The van der Waals surface area contributed by atoms with Gasteiger partial charge in [0.25, 0.3) is 5.91 Å².